The van der Waals surface area contributed by atoms with Crippen molar-refractivity contribution >= 4 is 11.6 Å². The van der Waals surface area contributed by atoms with E-state index in [1.165, 1.54) is 7.11 Å². The van der Waals surface area contributed by atoms with E-state index in [1.807, 2.05) is 0 Å². The van der Waals surface area contributed by atoms with Gasteiger partial charge < -0.3 is 10.1 Å². The molecule has 0 unspecified atom stereocenters. The van der Waals surface area contributed by atoms with E-state index < -0.39 is 48.0 Å². The molecule has 34 heavy (non-hydrogen) atoms. The monoisotopic (exact) mass is 478 g/mol. The Labute approximate surface area is 191 Å². The molecule has 0 bridgehead atoms. The lowest BCUT2D eigenvalue weighted by molar-refractivity contribution is -0.0385. The van der Waals surface area contributed by atoms with Crippen LogP contribution in [0.3, 0.4) is 0 Å². The van der Waals surface area contributed by atoms with Crippen LogP contribution < -0.4 is 10.1 Å². The fraction of sp³-hybridized carbons (Fsp3) is 0.304. The second-order valence-corrected chi connectivity index (χ2v) is 7.91. The molecule has 3 aromatic rings. The van der Waals surface area contributed by atoms with Crippen molar-refractivity contribution in [2.24, 2.45) is 0 Å². The molecule has 1 N–H and O–H groups in total. The summed E-state index contributed by atoms with van der Waals surface area (Å²) in [4.78, 5) is 25.2. The Hall–Kier alpha value is -3.63. The Morgan fingerprint density at radius 1 is 1.06 bits per heavy atom. The number of aromatic nitrogens is 3. The largest absolute Gasteiger partial charge is 0.479 e. The number of anilines is 1. The van der Waals surface area contributed by atoms with Gasteiger partial charge in [-0.2, -0.15) is 0 Å². The molecule has 2 heterocycles. The lowest BCUT2D eigenvalue weighted by Gasteiger charge is -2.29. The number of nitrogens with one attached hydrogen (secondary N) is 1. The molecule has 1 saturated carbocycles. The van der Waals surface area contributed by atoms with E-state index >= 15 is 0 Å². The molecule has 1 fully saturated rings. The van der Waals surface area contributed by atoms with Gasteiger partial charge in [0.05, 0.1) is 35.9 Å². The third-order valence-corrected chi connectivity index (χ3v) is 5.65. The van der Waals surface area contributed by atoms with Crippen LogP contribution >= 0.6 is 0 Å². The van der Waals surface area contributed by atoms with Crippen LogP contribution in [0.5, 0.6) is 5.88 Å². The van der Waals surface area contributed by atoms with E-state index in [1.54, 1.807) is 0 Å². The Morgan fingerprint density at radius 2 is 1.79 bits per heavy atom. The second kappa shape index (κ2) is 9.32. The summed E-state index contributed by atoms with van der Waals surface area (Å²) in [5, 5.41) is 2.45. The highest BCUT2D eigenvalue weighted by Crippen LogP contribution is 2.42. The number of carbonyl (C=O) groups is 1. The van der Waals surface area contributed by atoms with Crippen molar-refractivity contribution in [3.8, 4) is 17.1 Å². The number of halogens is 5. The summed E-state index contributed by atoms with van der Waals surface area (Å²) in [6.07, 6.45) is 1.49. The summed E-state index contributed by atoms with van der Waals surface area (Å²) in [5.41, 5.74) is -0.631. The smallest absolute Gasteiger partial charge is 0.259 e. The van der Waals surface area contributed by atoms with Crippen LogP contribution in [0.1, 0.15) is 47.7 Å². The molecular formula is C23H19F5N4O2. The van der Waals surface area contributed by atoms with E-state index in [0.717, 1.165) is 36.8 Å². The molecule has 1 aromatic carbocycles. The highest BCUT2D eigenvalue weighted by atomic mass is 19.3. The maximum absolute atomic E-state index is 14.6. The van der Waals surface area contributed by atoms with Gasteiger partial charge in [-0.3, -0.25) is 4.79 Å². The van der Waals surface area contributed by atoms with Crippen LogP contribution in [0.4, 0.5) is 27.6 Å². The number of hydrogen-bond acceptors (Lipinski definition) is 5. The summed E-state index contributed by atoms with van der Waals surface area (Å²) >= 11 is 0. The minimum atomic E-state index is -2.82. The van der Waals surface area contributed by atoms with E-state index in [0.29, 0.717) is 0 Å². The van der Waals surface area contributed by atoms with Gasteiger partial charge in [0.15, 0.2) is 5.82 Å². The quantitative estimate of drug-likeness (QED) is 0.490. The Morgan fingerprint density at radius 3 is 2.47 bits per heavy atom. The van der Waals surface area contributed by atoms with Crippen LogP contribution in [0.2, 0.25) is 0 Å². The molecule has 2 aromatic heterocycles. The second-order valence-electron chi connectivity index (χ2n) is 7.91. The Kier molecular flexibility index (Phi) is 6.45. The summed E-state index contributed by atoms with van der Waals surface area (Å²) in [6, 6.07) is 3.65. The molecule has 11 heteroatoms. The van der Waals surface area contributed by atoms with E-state index in [4.69, 9.17) is 4.74 Å². The first-order chi connectivity index (χ1) is 16.2. The number of nitrogens with zero attached hydrogens (tertiary/aromatic N) is 3. The van der Waals surface area contributed by atoms with Crippen LogP contribution in [-0.2, 0) is 0 Å². The minimum Gasteiger partial charge on any atom is -0.479 e. The fourth-order valence-corrected chi connectivity index (χ4v) is 3.97. The van der Waals surface area contributed by atoms with E-state index in [9.17, 15) is 26.7 Å². The van der Waals surface area contributed by atoms with Gasteiger partial charge in [-0.05, 0) is 31.0 Å². The predicted molar refractivity (Wildman–Crippen MR) is 112 cm³/mol. The van der Waals surface area contributed by atoms with Gasteiger partial charge in [0.1, 0.15) is 18.0 Å². The maximum Gasteiger partial charge on any atom is 0.259 e. The molecule has 0 spiro atoms. The number of hydrogen-bond donors (Lipinski definition) is 1. The number of rotatable bonds is 5. The highest BCUT2D eigenvalue weighted by molar-refractivity contribution is 6.09. The average Bonchev–Trinajstić information content (AvgIpc) is 2.80. The van der Waals surface area contributed by atoms with Gasteiger partial charge in [-0.15, -0.1) is 0 Å². The van der Waals surface area contributed by atoms with Crippen LogP contribution in [-0.4, -0.2) is 33.9 Å². The van der Waals surface area contributed by atoms with Gasteiger partial charge in [0, 0.05) is 30.4 Å². The standard InChI is InChI=1S/C23H19F5N4O2/c1-34-22-17(26)9-14(10-29-22)32-21(33)18-19(12-4-6-23(27,28)7-5-12)30-11-31-20(18)15-8-13(24)2-3-16(15)25/h2-3,8-12H,4-7H2,1H3,(H,32,33). The number of methoxy groups -OCH3 is 1. The van der Waals surface area contributed by atoms with Crippen molar-refractivity contribution in [1.29, 1.82) is 0 Å². The number of carbonyl (C=O) groups excluding carboxylic acids is 1. The zero-order valence-corrected chi connectivity index (χ0v) is 17.9. The van der Waals surface area contributed by atoms with E-state index in [-0.39, 0.29) is 46.9 Å². The minimum absolute atomic E-state index is 0.0358. The van der Waals surface area contributed by atoms with E-state index in [2.05, 4.69) is 20.3 Å². The lowest BCUT2D eigenvalue weighted by atomic mass is 9.82. The molecule has 0 atom stereocenters. The first kappa shape index (κ1) is 23.5. The molecule has 1 amide bonds. The summed E-state index contributed by atoms with van der Waals surface area (Å²) < 4.78 is 74.8. The Bertz CT molecular complexity index is 1230. The third-order valence-electron chi connectivity index (χ3n) is 5.65. The summed E-state index contributed by atoms with van der Waals surface area (Å²) in [7, 11) is 1.23. The molecule has 0 saturated heterocycles. The van der Waals surface area contributed by atoms with Crippen LogP contribution in [0.15, 0.2) is 36.8 Å². The molecule has 6 nitrogen and oxygen atoms in total. The fourth-order valence-electron chi connectivity index (χ4n) is 3.97. The summed E-state index contributed by atoms with van der Waals surface area (Å²) in [5.74, 6) is -6.94. The number of pyridine rings is 1. The topological polar surface area (TPSA) is 77.0 Å². The zero-order valence-electron chi connectivity index (χ0n) is 17.9. The zero-order chi connectivity index (χ0) is 24.5. The van der Waals surface area contributed by atoms with Gasteiger partial charge in [-0.25, -0.2) is 36.9 Å². The Balaban J connectivity index is 1.79. The van der Waals surface area contributed by atoms with Crippen molar-refractivity contribution in [2.75, 3.05) is 12.4 Å². The SMILES string of the molecule is COc1ncc(NC(=O)c2c(-c3cc(F)ccc3F)ncnc2C2CCC(F)(F)CC2)cc1F. The molecular weight excluding hydrogens is 459 g/mol. The van der Waals surface area contributed by atoms with Gasteiger partial charge in [-0.1, -0.05) is 0 Å². The molecule has 178 valence electrons. The third kappa shape index (κ3) is 4.82. The maximum atomic E-state index is 14.6. The number of alkyl halides is 2. The molecule has 0 aliphatic heterocycles. The van der Waals surface area contributed by atoms with Crippen molar-refractivity contribution in [1.82, 2.24) is 15.0 Å². The first-order valence-corrected chi connectivity index (χ1v) is 10.4. The van der Waals surface area contributed by atoms with Gasteiger partial charge in [0.25, 0.3) is 5.91 Å². The van der Waals surface area contributed by atoms with Crippen LogP contribution in [0.25, 0.3) is 11.3 Å². The predicted octanol–water partition coefficient (Wildman–Crippen LogP) is 5.51. The van der Waals surface area contributed by atoms with Crippen LogP contribution in [0, 0.1) is 17.5 Å². The van der Waals surface area contributed by atoms with Crippen molar-refractivity contribution in [3.63, 3.8) is 0 Å². The van der Waals surface area contributed by atoms with Crippen molar-refractivity contribution < 1.29 is 31.5 Å². The normalized spacial score (nSPS) is 15.7. The number of ether oxygens (including phenoxy) is 1. The molecule has 0 radical (unpaired) electrons. The lowest BCUT2D eigenvalue weighted by Crippen LogP contribution is -2.26. The molecule has 1 aliphatic rings. The van der Waals surface area contributed by atoms with Gasteiger partial charge >= 0.3 is 0 Å². The average molecular weight is 478 g/mol. The summed E-state index contributed by atoms with van der Waals surface area (Å²) in [6.45, 7) is 0. The first-order valence-electron chi connectivity index (χ1n) is 10.4. The molecule has 4 rings (SSSR count). The van der Waals surface area contributed by atoms with Crippen molar-refractivity contribution in [2.45, 2.75) is 37.5 Å². The number of benzene rings is 1. The van der Waals surface area contributed by atoms with Gasteiger partial charge in [0.2, 0.25) is 11.8 Å². The highest BCUT2D eigenvalue weighted by Gasteiger charge is 2.38. The molecule has 1 aliphatic carbocycles. The van der Waals surface area contributed by atoms with Crippen molar-refractivity contribution in [3.05, 3.63) is 65.5 Å². The number of amides is 1.